The maximum absolute atomic E-state index is 11.4. The number of aromatic nitrogens is 1. The molecular formula is C12H11NOS. The smallest absolute Gasteiger partial charge is 0.162 e. The van der Waals surface area contributed by atoms with Gasteiger partial charge in [0.2, 0.25) is 0 Å². The SMILES string of the molecule is CCC(=O)c1ccc(-c2cscn2)cc1. The molecule has 1 aromatic carbocycles. The van der Waals surface area contributed by atoms with Crippen LogP contribution in [0.1, 0.15) is 23.7 Å². The molecule has 0 spiro atoms. The maximum Gasteiger partial charge on any atom is 0.162 e. The van der Waals surface area contributed by atoms with E-state index >= 15 is 0 Å². The molecule has 1 heterocycles. The predicted octanol–water partition coefficient (Wildman–Crippen LogP) is 3.40. The topological polar surface area (TPSA) is 30.0 Å². The summed E-state index contributed by atoms with van der Waals surface area (Å²) in [6, 6.07) is 7.61. The fraction of sp³-hybridized carbons (Fsp3) is 0.167. The molecule has 0 aliphatic carbocycles. The predicted molar refractivity (Wildman–Crippen MR) is 62.2 cm³/mol. The lowest BCUT2D eigenvalue weighted by Gasteiger charge is -1.99. The molecular weight excluding hydrogens is 206 g/mol. The lowest BCUT2D eigenvalue weighted by molar-refractivity contribution is 0.0988. The zero-order valence-corrected chi connectivity index (χ0v) is 9.25. The van der Waals surface area contributed by atoms with E-state index in [0.29, 0.717) is 6.42 Å². The molecule has 15 heavy (non-hydrogen) atoms. The van der Waals surface area contributed by atoms with Gasteiger partial charge in [-0.25, -0.2) is 4.98 Å². The Hall–Kier alpha value is -1.48. The minimum absolute atomic E-state index is 0.180. The Bertz CT molecular complexity index is 445. The van der Waals surface area contributed by atoms with Crippen molar-refractivity contribution in [2.45, 2.75) is 13.3 Å². The Labute approximate surface area is 92.6 Å². The molecule has 76 valence electrons. The second-order valence-corrected chi connectivity index (χ2v) is 3.95. The first-order valence-electron chi connectivity index (χ1n) is 4.83. The third-order valence-corrected chi connectivity index (χ3v) is 2.84. The average Bonchev–Trinajstić information content (AvgIpc) is 2.82. The van der Waals surface area contributed by atoms with E-state index in [9.17, 15) is 4.79 Å². The largest absolute Gasteiger partial charge is 0.294 e. The molecule has 0 radical (unpaired) electrons. The second-order valence-electron chi connectivity index (χ2n) is 3.23. The van der Waals surface area contributed by atoms with Gasteiger partial charge >= 0.3 is 0 Å². The fourth-order valence-electron chi connectivity index (χ4n) is 1.39. The van der Waals surface area contributed by atoms with Crippen LogP contribution < -0.4 is 0 Å². The normalized spacial score (nSPS) is 10.2. The first kappa shape index (κ1) is 10.1. The van der Waals surface area contributed by atoms with E-state index in [1.807, 2.05) is 36.6 Å². The van der Waals surface area contributed by atoms with Crippen LogP contribution in [0.15, 0.2) is 35.2 Å². The number of carbonyl (C=O) groups excluding carboxylic acids is 1. The Morgan fingerprint density at radius 2 is 2.07 bits per heavy atom. The van der Waals surface area contributed by atoms with Gasteiger partial charge in [0, 0.05) is 22.9 Å². The van der Waals surface area contributed by atoms with Crippen LogP contribution >= 0.6 is 11.3 Å². The highest BCUT2D eigenvalue weighted by Crippen LogP contribution is 2.19. The van der Waals surface area contributed by atoms with E-state index in [1.54, 1.807) is 16.8 Å². The summed E-state index contributed by atoms with van der Waals surface area (Å²) in [7, 11) is 0. The Kier molecular flexibility index (Phi) is 2.92. The molecule has 0 amide bonds. The molecule has 1 aromatic heterocycles. The van der Waals surface area contributed by atoms with E-state index in [1.165, 1.54) is 0 Å². The zero-order chi connectivity index (χ0) is 10.7. The summed E-state index contributed by atoms with van der Waals surface area (Å²) in [5.74, 6) is 0.180. The van der Waals surface area contributed by atoms with E-state index < -0.39 is 0 Å². The van der Waals surface area contributed by atoms with Crippen molar-refractivity contribution in [3.05, 3.63) is 40.7 Å². The van der Waals surface area contributed by atoms with E-state index in [2.05, 4.69) is 4.98 Å². The summed E-state index contributed by atoms with van der Waals surface area (Å²) in [4.78, 5) is 15.6. The Balaban J connectivity index is 2.29. The van der Waals surface area contributed by atoms with E-state index in [0.717, 1.165) is 16.8 Å². The zero-order valence-electron chi connectivity index (χ0n) is 8.43. The number of benzene rings is 1. The van der Waals surface area contributed by atoms with Crippen LogP contribution in [0.4, 0.5) is 0 Å². The molecule has 3 heteroatoms. The van der Waals surface area contributed by atoms with Crippen LogP contribution in [0, 0.1) is 0 Å². The van der Waals surface area contributed by atoms with Gasteiger partial charge in [0.05, 0.1) is 11.2 Å². The van der Waals surface area contributed by atoms with Crippen molar-refractivity contribution in [2.24, 2.45) is 0 Å². The van der Waals surface area contributed by atoms with Crippen molar-refractivity contribution in [1.82, 2.24) is 4.98 Å². The van der Waals surface area contributed by atoms with Gasteiger partial charge in [0.1, 0.15) is 0 Å². The third-order valence-electron chi connectivity index (χ3n) is 2.26. The number of thiazole rings is 1. The summed E-state index contributed by atoms with van der Waals surface area (Å²) in [5, 5.41) is 2.00. The lowest BCUT2D eigenvalue weighted by atomic mass is 10.1. The first-order chi connectivity index (χ1) is 7.31. The van der Waals surface area contributed by atoms with Crippen molar-refractivity contribution >= 4 is 17.1 Å². The van der Waals surface area contributed by atoms with Gasteiger partial charge in [0.25, 0.3) is 0 Å². The highest BCUT2D eigenvalue weighted by Gasteiger charge is 2.04. The number of carbonyl (C=O) groups is 1. The van der Waals surface area contributed by atoms with Crippen molar-refractivity contribution in [3.63, 3.8) is 0 Å². The van der Waals surface area contributed by atoms with E-state index in [4.69, 9.17) is 0 Å². The summed E-state index contributed by atoms with van der Waals surface area (Å²) in [5.41, 5.74) is 4.61. The number of hydrogen-bond donors (Lipinski definition) is 0. The highest BCUT2D eigenvalue weighted by molar-refractivity contribution is 7.07. The van der Waals surface area contributed by atoms with Crippen molar-refractivity contribution in [2.75, 3.05) is 0 Å². The maximum atomic E-state index is 11.4. The van der Waals surface area contributed by atoms with Gasteiger partial charge in [0.15, 0.2) is 5.78 Å². The molecule has 2 aromatic rings. The summed E-state index contributed by atoms with van der Waals surface area (Å²) in [6.45, 7) is 1.87. The Morgan fingerprint density at radius 1 is 1.33 bits per heavy atom. The summed E-state index contributed by atoms with van der Waals surface area (Å²) >= 11 is 1.57. The van der Waals surface area contributed by atoms with Gasteiger partial charge in [-0.3, -0.25) is 4.79 Å². The number of Topliss-reactive ketones (excluding diaryl/α,β-unsaturated/α-hetero) is 1. The number of nitrogens with zero attached hydrogens (tertiary/aromatic N) is 1. The highest BCUT2D eigenvalue weighted by atomic mass is 32.1. The van der Waals surface area contributed by atoms with Crippen LogP contribution in [0.3, 0.4) is 0 Å². The second kappa shape index (κ2) is 4.36. The van der Waals surface area contributed by atoms with E-state index in [-0.39, 0.29) is 5.78 Å². The molecule has 0 N–H and O–H groups in total. The van der Waals surface area contributed by atoms with Crippen LogP contribution in [0.25, 0.3) is 11.3 Å². The Morgan fingerprint density at radius 3 is 2.60 bits per heavy atom. The van der Waals surface area contributed by atoms with Crippen LogP contribution in [0.2, 0.25) is 0 Å². The number of ketones is 1. The minimum atomic E-state index is 0.180. The van der Waals surface area contributed by atoms with Gasteiger partial charge in [-0.1, -0.05) is 31.2 Å². The fourth-order valence-corrected chi connectivity index (χ4v) is 1.95. The summed E-state index contributed by atoms with van der Waals surface area (Å²) < 4.78 is 0. The minimum Gasteiger partial charge on any atom is -0.294 e. The van der Waals surface area contributed by atoms with Crippen LogP contribution in [-0.4, -0.2) is 10.8 Å². The molecule has 2 rings (SSSR count). The van der Waals surface area contributed by atoms with Crippen LogP contribution in [0.5, 0.6) is 0 Å². The molecule has 0 aliphatic rings. The third kappa shape index (κ3) is 2.13. The molecule has 0 unspecified atom stereocenters. The standard InChI is InChI=1S/C12H11NOS/c1-2-12(14)10-5-3-9(4-6-10)11-7-15-8-13-11/h3-8H,2H2,1H3. The van der Waals surface area contributed by atoms with Gasteiger partial charge in [-0.2, -0.15) is 0 Å². The van der Waals surface area contributed by atoms with Crippen molar-refractivity contribution in [1.29, 1.82) is 0 Å². The van der Waals surface area contributed by atoms with Gasteiger partial charge in [-0.05, 0) is 0 Å². The molecule has 0 fully saturated rings. The molecule has 0 aliphatic heterocycles. The number of rotatable bonds is 3. The molecule has 0 atom stereocenters. The van der Waals surface area contributed by atoms with Gasteiger partial charge in [-0.15, -0.1) is 11.3 Å². The van der Waals surface area contributed by atoms with Crippen molar-refractivity contribution in [3.8, 4) is 11.3 Å². The quantitative estimate of drug-likeness (QED) is 0.737. The molecule has 0 bridgehead atoms. The summed E-state index contributed by atoms with van der Waals surface area (Å²) in [6.07, 6.45) is 0.552. The van der Waals surface area contributed by atoms with Crippen molar-refractivity contribution < 1.29 is 4.79 Å². The molecule has 0 saturated carbocycles. The van der Waals surface area contributed by atoms with Gasteiger partial charge < -0.3 is 0 Å². The first-order valence-corrected chi connectivity index (χ1v) is 5.77. The van der Waals surface area contributed by atoms with Crippen LogP contribution in [-0.2, 0) is 0 Å². The number of hydrogen-bond acceptors (Lipinski definition) is 3. The average molecular weight is 217 g/mol. The monoisotopic (exact) mass is 217 g/mol. The molecule has 0 saturated heterocycles. The lowest BCUT2D eigenvalue weighted by Crippen LogP contribution is -1.95. The molecule has 2 nitrogen and oxygen atoms in total.